The van der Waals surface area contributed by atoms with E-state index in [9.17, 15) is 19.1 Å². The van der Waals surface area contributed by atoms with Crippen molar-refractivity contribution in [3.63, 3.8) is 0 Å². The fourth-order valence-electron chi connectivity index (χ4n) is 3.93. The van der Waals surface area contributed by atoms with E-state index in [1.807, 2.05) is 32.3 Å². The highest BCUT2D eigenvalue weighted by atomic mass is 19.1. The summed E-state index contributed by atoms with van der Waals surface area (Å²) in [5.74, 6) is -1.68. The molecule has 36 heavy (non-hydrogen) atoms. The highest BCUT2D eigenvalue weighted by Crippen LogP contribution is 2.29. The van der Waals surface area contributed by atoms with Gasteiger partial charge in [-0.05, 0) is 69.0 Å². The number of rotatable bonds is 9. The maximum atomic E-state index is 14.1. The molecule has 0 saturated carbocycles. The van der Waals surface area contributed by atoms with Gasteiger partial charge in [-0.3, -0.25) is 4.79 Å². The van der Waals surface area contributed by atoms with E-state index in [4.69, 9.17) is 0 Å². The van der Waals surface area contributed by atoms with E-state index in [1.165, 1.54) is 30.6 Å². The van der Waals surface area contributed by atoms with Crippen molar-refractivity contribution in [3.8, 4) is 0 Å². The van der Waals surface area contributed by atoms with Crippen molar-refractivity contribution in [1.82, 2.24) is 14.9 Å². The van der Waals surface area contributed by atoms with Gasteiger partial charge in [0.15, 0.2) is 0 Å². The zero-order valence-corrected chi connectivity index (χ0v) is 19.9. The SMILES string of the molecule is CN(C)CCC(Nc1ncnc2c(C(=O)O)cccc12)c1cccc(NC(=O)c2ccccc2F)c1. The highest BCUT2D eigenvalue weighted by Gasteiger charge is 2.18. The van der Waals surface area contributed by atoms with E-state index in [1.54, 1.807) is 24.3 Å². The molecule has 0 bridgehead atoms. The molecule has 9 heteroatoms. The summed E-state index contributed by atoms with van der Waals surface area (Å²) in [7, 11) is 3.95. The smallest absolute Gasteiger partial charge is 0.337 e. The topological polar surface area (TPSA) is 107 Å². The molecule has 0 saturated heterocycles. The molecule has 0 radical (unpaired) electrons. The molecule has 4 rings (SSSR count). The average Bonchev–Trinajstić information content (AvgIpc) is 2.86. The van der Waals surface area contributed by atoms with Crippen LogP contribution in [-0.2, 0) is 0 Å². The third-order valence-corrected chi connectivity index (χ3v) is 5.74. The van der Waals surface area contributed by atoms with Crippen molar-refractivity contribution in [1.29, 1.82) is 0 Å². The molecule has 0 aliphatic carbocycles. The van der Waals surface area contributed by atoms with Gasteiger partial charge in [-0.1, -0.05) is 30.3 Å². The number of nitrogens with one attached hydrogen (secondary N) is 2. The Labute approximate surface area is 207 Å². The van der Waals surface area contributed by atoms with Gasteiger partial charge < -0.3 is 20.6 Å². The predicted molar refractivity (Wildman–Crippen MR) is 137 cm³/mol. The fraction of sp³-hybridized carbons (Fsp3) is 0.185. The summed E-state index contributed by atoms with van der Waals surface area (Å²) < 4.78 is 14.1. The van der Waals surface area contributed by atoms with Gasteiger partial charge in [0.05, 0.1) is 22.7 Å². The minimum atomic E-state index is -1.06. The standard InChI is InChI=1S/C27H26FN5O3/c1-33(2)14-13-23(32-25-20-10-6-11-21(27(35)36)24(20)29-16-30-25)17-7-5-8-18(15-17)31-26(34)19-9-3-4-12-22(19)28/h3-12,15-16,23H,13-14H2,1-2H3,(H,31,34)(H,35,36)(H,29,30,32). The van der Waals surface area contributed by atoms with Gasteiger partial charge in [-0.2, -0.15) is 0 Å². The molecular weight excluding hydrogens is 461 g/mol. The van der Waals surface area contributed by atoms with E-state index >= 15 is 0 Å². The van der Waals surface area contributed by atoms with E-state index < -0.39 is 17.7 Å². The molecule has 0 aliphatic rings. The molecule has 3 aromatic carbocycles. The number of hydrogen-bond acceptors (Lipinski definition) is 6. The predicted octanol–water partition coefficient (Wildman–Crippen LogP) is 4.82. The molecule has 8 nitrogen and oxygen atoms in total. The van der Waals surface area contributed by atoms with Gasteiger partial charge in [0.2, 0.25) is 0 Å². The first kappa shape index (κ1) is 24.7. The summed E-state index contributed by atoms with van der Waals surface area (Å²) in [5.41, 5.74) is 1.81. The van der Waals surface area contributed by atoms with Crippen LogP contribution < -0.4 is 10.6 Å². The summed E-state index contributed by atoms with van der Waals surface area (Å²) in [5, 5.41) is 16.3. The van der Waals surface area contributed by atoms with Crippen LogP contribution in [0.3, 0.4) is 0 Å². The molecule has 3 N–H and O–H groups in total. The Morgan fingerprint density at radius 1 is 1.00 bits per heavy atom. The molecule has 0 spiro atoms. The van der Waals surface area contributed by atoms with Crippen molar-refractivity contribution in [2.75, 3.05) is 31.3 Å². The second-order valence-electron chi connectivity index (χ2n) is 8.58. The second kappa shape index (κ2) is 10.9. The fourth-order valence-corrected chi connectivity index (χ4v) is 3.93. The summed E-state index contributed by atoms with van der Waals surface area (Å²) >= 11 is 0. The van der Waals surface area contributed by atoms with Gasteiger partial charge in [-0.25, -0.2) is 19.2 Å². The van der Waals surface area contributed by atoms with E-state index in [0.29, 0.717) is 28.8 Å². The zero-order valence-electron chi connectivity index (χ0n) is 19.9. The van der Waals surface area contributed by atoms with Crippen LogP contribution in [0.2, 0.25) is 0 Å². The number of nitrogens with zero attached hydrogens (tertiary/aromatic N) is 3. The number of amides is 1. The summed E-state index contributed by atoms with van der Waals surface area (Å²) in [6.07, 6.45) is 2.03. The molecule has 4 aromatic rings. The first-order valence-corrected chi connectivity index (χ1v) is 11.4. The lowest BCUT2D eigenvalue weighted by Gasteiger charge is -2.23. The maximum Gasteiger partial charge on any atom is 0.337 e. The normalized spacial score (nSPS) is 11.9. The number of para-hydroxylation sites is 1. The van der Waals surface area contributed by atoms with Crippen LogP contribution in [0.4, 0.5) is 15.9 Å². The van der Waals surface area contributed by atoms with Crippen LogP contribution in [0.1, 0.15) is 38.7 Å². The maximum absolute atomic E-state index is 14.1. The van der Waals surface area contributed by atoms with Gasteiger partial charge in [0.1, 0.15) is 18.0 Å². The van der Waals surface area contributed by atoms with Crippen molar-refractivity contribution >= 4 is 34.3 Å². The third kappa shape index (κ3) is 5.64. The van der Waals surface area contributed by atoms with Crippen molar-refractivity contribution < 1.29 is 19.1 Å². The Hall–Kier alpha value is -4.37. The molecular formula is C27H26FN5O3. The van der Waals surface area contributed by atoms with Gasteiger partial charge >= 0.3 is 5.97 Å². The molecule has 0 fully saturated rings. The summed E-state index contributed by atoms with van der Waals surface area (Å²) in [6.45, 7) is 0.757. The van der Waals surface area contributed by atoms with Crippen molar-refractivity contribution in [2.24, 2.45) is 0 Å². The number of carbonyl (C=O) groups is 2. The Bertz CT molecular complexity index is 1410. The van der Waals surface area contributed by atoms with Crippen LogP contribution in [0.5, 0.6) is 0 Å². The number of fused-ring (bicyclic) bond motifs is 1. The third-order valence-electron chi connectivity index (χ3n) is 5.74. The zero-order chi connectivity index (χ0) is 25.7. The molecule has 1 amide bonds. The van der Waals surface area contributed by atoms with Crippen molar-refractivity contribution in [2.45, 2.75) is 12.5 Å². The number of carboxylic acid groups (broad SMARTS) is 1. The number of halogens is 1. The van der Waals surface area contributed by atoms with Crippen LogP contribution >= 0.6 is 0 Å². The van der Waals surface area contributed by atoms with Gasteiger partial charge in [0.25, 0.3) is 5.91 Å². The quantitative estimate of drug-likeness (QED) is 0.311. The number of carboxylic acids is 1. The first-order valence-electron chi connectivity index (χ1n) is 11.4. The minimum absolute atomic E-state index is 0.0353. The summed E-state index contributed by atoms with van der Waals surface area (Å²) in [4.78, 5) is 34.9. The van der Waals surface area contributed by atoms with Crippen LogP contribution in [-0.4, -0.2) is 52.5 Å². The van der Waals surface area contributed by atoms with E-state index in [2.05, 4.69) is 25.5 Å². The molecule has 1 atom stereocenters. The summed E-state index contributed by atoms with van der Waals surface area (Å²) in [6, 6.07) is 17.9. The Balaban J connectivity index is 1.65. The Morgan fingerprint density at radius 2 is 1.75 bits per heavy atom. The Morgan fingerprint density at radius 3 is 2.50 bits per heavy atom. The van der Waals surface area contributed by atoms with Crippen LogP contribution in [0.15, 0.2) is 73.1 Å². The monoisotopic (exact) mass is 487 g/mol. The molecule has 1 unspecified atom stereocenters. The number of hydrogen-bond donors (Lipinski definition) is 3. The lowest BCUT2D eigenvalue weighted by molar-refractivity contribution is 0.0698. The number of benzene rings is 3. The van der Waals surface area contributed by atoms with Crippen LogP contribution in [0, 0.1) is 5.82 Å². The Kier molecular flexibility index (Phi) is 7.50. The highest BCUT2D eigenvalue weighted by molar-refractivity contribution is 6.05. The van der Waals surface area contributed by atoms with Crippen molar-refractivity contribution in [3.05, 3.63) is 95.6 Å². The second-order valence-corrected chi connectivity index (χ2v) is 8.58. The lowest BCUT2D eigenvalue weighted by atomic mass is 10.0. The number of aromatic carboxylic acids is 1. The molecule has 1 heterocycles. The number of carbonyl (C=O) groups excluding carboxylic acids is 1. The van der Waals surface area contributed by atoms with Gasteiger partial charge in [-0.15, -0.1) is 0 Å². The molecule has 184 valence electrons. The largest absolute Gasteiger partial charge is 0.478 e. The van der Waals surface area contributed by atoms with Crippen LogP contribution in [0.25, 0.3) is 10.9 Å². The van der Waals surface area contributed by atoms with E-state index in [-0.39, 0.29) is 17.2 Å². The lowest BCUT2D eigenvalue weighted by Crippen LogP contribution is -2.21. The van der Waals surface area contributed by atoms with E-state index in [0.717, 1.165) is 12.1 Å². The number of aromatic nitrogens is 2. The van der Waals surface area contributed by atoms with Gasteiger partial charge in [0, 0.05) is 11.1 Å². The molecule has 0 aliphatic heterocycles. The number of anilines is 2. The average molecular weight is 488 g/mol. The minimum Gasteiger partial charge on any atom is -0.478 e. The molecule has 1 aromatic heterocycles. The first-order chi connectivity index (χ1) is 17.3.